The van der Waals surface area contributed by atoms with Crippen LogP contribution < -0.4 is 0 Å². The predicted molar refractivity (Wildman–Crippen MR) is 68.5 cm³/mol. The van der Waals surface area contributed by atoms with Gasteiger partial charge in [-0.1, -0.05) is 0 Å². The molecule has 1 unspecified atom stereocenters. The van der Waals surface area contributed by atoms with Gasteiger partial charge in [-0.15, -0.1) is 0 Å². The molecule has 0 saturated heterocycles. The molecule has 0 aromatic carbocycles. The number of halogens is 2. The number of alkyl halides is 1. The van der Waals surface area contributed by atoms with Crippen LogP contribution >= 0.6 is 11.6 Å². The van der Waals surface area contributed by atoms with E-state index in [1.54, 1.807) is 12.3 Å². The predicted octanol–water partition coefficient (Wildman–Crippen LogP) is 2.30. The Hall–Kier alpha value is -0.862. The SMILES string of the molecule is O=C1C=C([As](CCF)Cc2ccc(Cl)nc2)CO1. The van der Waals surface area contributed by atoms with Gasteiger partial charge in [0.1, 0.15) is 0 Å². The van der Waals surface area contributed by atoms with Gasteiger partial charge in [-0.3, -0.25) is 0 Å². The summed E-state index contributed by atoms with van der Waals surface area (Å²) >= 11 is 4.14. The fourth-order valence-corrected chi connectivity index (χ4v) is 6.03. The van der Waals surface area contributed by atoms with E-state index in [2.05, 4.69) is 4.98 Å². The van der Waals surface area contributed by atoms with E-state index in [1.165, 1.54) is 6.08 Å². The third-order valence-corrected chi connectivity index (χ3v) is 8.09. The quantitative estimate of drug-likeness (QED) is 0.472. The molecule has 1 atom stereocenters. The Morgan fingerprint density at radius 1 is 1.50 bits per heavy atom. The number of nitrogens with zero attached hydrogens (tertiary/aromatic N) is 1. The summed E-state index contributed by atoms with van der Waals surface area (Å²) in [5.74, 6) is -0.308. The van der Waals surface area contributed by atoms with E-state index in [1.807, 2.05) is 6.07 Å². The van der Waals surface area contributed by atoms with Crippen LogP contribution in [0.15, 0.2) is 28.8 Å². The molecule has 2 heterocycles. The fraction of sp³-hybridized carbons (Fsp3) is 0.333. The molecule has 0 bridgehead atoms. The summed E-state index contributed by atoms with van der Waals surface area (Å²) in [7, 11) is 0. The molecule has 0 saturated carbocycles. The summed E-state index contributed by atoms with van der Waals surface area (Å²) in [4.78, 5) is 15.1. The molecule has 0 amide bonds. The Morgan fingerprint density at radius 2 is 2.33 bits per heavy atom. The summed E-state index contributed by atoms with van der Waals surface area (Å²) in [5, 5.41) is 1.75. The Kier molecular flexibility index (Phi) is 4.78. The van der Waals surface area contributed by atoms with Crippen LogP contribution in [0, 0.1) is 0 Å². The Morgan fingerprint density at radius 3 is 2.89 bits per heavy atom. The molecule has 0 radical (unpaired) electrons. The number of aromatic nitrogens is 1. The van der Waals surface area contributed by atoms with Crippen LogP contribution in [0.3, 0.4) is 0 Å². The van der Waals surface area contributed by atoms with Crippen molar-refractivity contribution in [3.8, 4) is 0 Å². The molecule has 6 heteroatoms. The summed E-state index contributed by atoms with van der Waals surface area (Å²) < 4.78 is 18.5. The zero-order valence-electron chi connectivity index (χ0n) is 9.60. The summed E-state index contributed by atoms with van der Waals surface area (Å²) in [6, 6.07) is 3.62. The molecule has 18 heavy (non-hydrogen) atoms. The van der Waals surface area contributed by atoms with Crippen molar-refractivity contribution < 1.29 is 13.9 Å². The number of hydrogen-bond acceptors (Lipinski definition) is 3. The molecule has 3 nitrogen and oxygen atoms in total. The van der Waals surface area contributed by atoms with Crippen LogP contribution in [0.4, 0.5) is 4.39 Å². The van der Waals surface area contributed by atoms with Crippen LogP contribution in [-0.4, -0.2) is 38.9 Å². The van der Waals surface area contributed by atoms with Gasteiger partial charge < -0.3 is 0 Å². The molecule has 96 valence electrons. The molecule has 1 aromatic heterocycles. The standard InChI is InChI=1S/C12H12AsClFNO2/c14-11-2-1-9(7-16-11)6-13(3-4-15)10-5-12(17)18-8-10/h1-2,5,7H,3-4,6,8H2. The first-order chi connectivity index (χ1) is 8.69. The number of hydrogen-bond donors (Lipinski definition) is 0. The van der Waals surface area contributed by atoms with Crippen molar-refractivity contribution >= 4 is 32.2 Å². The van der Waals surface area contributed by atoms with E-state index in [0.29, 0.717) is 17.0 Å². The molecule has 0 N–H and O–H groups in total. The molecule has 1 aliphatic heterocycles. The molecule has 1 aromatic rings. The van der Waals surface area contributed by atoms with Gasteiger partial charge in [0.25, 0.3) is 0 Å². The van der Waals surface area contributed by atoms with Crippen molar-refractivity contribution in [2.45, 2.75) is 10.4 Å². The zero-order valence-corrected chi connectivity index (χ0v) is 12.2. The third kappa shape index (κ3) is 3.56. The van der Waals surface area contributed by atoms with Gasteiger partial charge in [-0.25, -0.2) is 0 Å². The van der Waals surface area contributed by atoms with Crippen molar-refractivity contribution in [1.82, 2.24) is 4.98 Å². The Labute approximate surface area is 114 Å². The van der Waals surface area contributed by atoms with E-state index >= 15 is 0 Å². The molecule has 0 spiro atoms. The number of rotatable bonds is 5. The van der Waals surface area contributed by atoms with E-state index in [0.717, 1.165) is 15.1 Å². The fourth-order valence-electron chi connectivity index (χ4n) is 1.69. The van der Waals surface area contributed by atoms with Crippen LogP contribution in [0.1, 0.15) is 5.56 Å². The first-order valence-electron chi connectivity index (χ1n) is 5.47. The zero-order chi connectivity index (χ0) is 13.0. The minimum atomic E-state index is -1.58. The average molecular weight is 332 g/mol. The van der Waals surface area contributed by atoms with Crippen LogP contribution in [0.5, 0.6) is 0 Å². The third-order valence-electron chi connectivity index (χ3n) is 2.57. The van der Waals surface area contributed by atoms with Gasteiger partial charge in [0.2, 0.25) is 0 Å². The summed E-state index contributed by atoms with van der Waals surface area (Å²) in [6.07, 6.45) is 3.24. The van der Waals surface area contributed by atoms with Crippen molar-refractivity contribution in [2.75, 3.05) is 13.3 Å². The average Bonchev–Trinajstić information content (AvgIpc) is 2.78. The Bertz CT molecular complexity index is 464. The van der Waals surface area contributed by atoms with Crippen LogP contribution in [0.2, 0.25) is 10.4 Å². The monoisotopic (exact) mass is 331 g/mol. The summed E-state index contributed by atoms with van der Waals surface area (Å²) in [5.41, 5.74) is 1.04. The van der Waals surface area contributed by atoms with Crippen molar-refractivity contribution in [3.05, 3.63) is 39.5 Å². The van der Waals surface area contributed by atoms with E-state index < -0.39 is 14.7 Å². The van der Waals surface area contributed by atoms with Gasteiger partial charge >= 0.3 is 114 Å². The molecule has 2 rings (SSSR count). The summed E-state index contributed by atoms with van der Waals surface area (Å²) in [6.45, 7) is -0.0214. The van der Waals surface area contributed by atoms with Gasteiger partial charge in [-0.2, -0.15) is 0 Å². The number of carbonyl (C=O) groups is 1. The van der Waals surface area contributed by atoms with Crippen LogP contribution in [0.25, 0.3) is 0 Å². The van der Waals surface area contributed by atoms with Gasteiger partial charge in [0.15, 0.2) is 0 Å². The second-order valence-electron chi connectivity index (χ2n) is 3.84. The normalized spacial score (nSPS) is 16.3. The minimum absolute atomic E-state index is 0.308. The molecular formula is C12H12AsClFNO2. The van der Waals surface area contributed by atoms with Gasteiger partial charge in [0, 0.05) is 0 Å². The maximum atomic E-state index is 12.6. The molecule has 1 aliphatic rings. The van der Waals surface area contributed by atoms with E-state index in [9.17, 15) is 9.18 Å². The second kappa shape index (κ2) is 6.35. The van der Waals surface area contributed by atoms with Crippen molar-refractivity contribution in [3.63, 3.8) is 0 Å². The number of cyclic esters (lactones) is 1. The van der Waals surface area contributed by atoms with Gasteiger partial charge in [-0.05, 0) is 0 Å². The van der Waals surface area contributed by atoms with E-state index in [4.69, 9.17) is 16.3 Å². The molecule has 0 fully saturated rings. The molecular weight excluding hydrogens is 320 g/mol. The topological polar surface area (TPSA) is 39.2 Å². The van der Waals surface area contributed by atoms with Gasteiger partial charge in [0.05, 0.1) is 0 Å². The first kappa shape index (κ1) is 13.6. The van der Waals surface area contributed by atoms with Crippen LogP contribution in [-0.2, 0) is 14.7 Å². The van der Waals surface area contributed by atoms with E-state index in [-0.39, 0.29) is 12.6 Å². The number of pyridine rings is 1. The number of ether oxygens (including phenoxy) is 1. The number of esters is 1. The second-order valence-corrected chi connectivity index (χ2v) is 9.30. The maximum absolute atomic E-state index is 12.6. The van der Waals surface area contributed by atoms with Crippen molar-refractivity contribution in [1.29, 1.82) is 0 Å². The first-order valence-corrected chi connectivity index (χ1v) is 9.44. The molecule has 0 aliphatic carbocycles. The Balaban J connectivity index is 2.08. The number of carbonyl (C=O) groups excluding carboxylic acids is 1. The van der Waals surface area contributed by atoms with Crippen molar-refractivity contribution in [2.24, 2.45) is 0 Å².